The number of fused-ring (bicyclic) bond motifs is 1. The van der Waals surface area contributed by atoms with Crippen LogP contribution in [-0.4, -0.2) is 27.2 Å². The smallest absolute Gasteiger partial charge is 0.264 e. The Morgan fingerprint density at radius 2 is 1.83 bits per heavy atom. The van der Waals surface area contributed by atoms with Gasteiger partial charge < -0.3 is 9.84 Å². The molecule has 1 heterocycles. The maximum absolute atomic E-state index is 13.0. The summed E-state index contributed by atoms with van der Waals surface area (Å²) in [7, 11) is -2.14. The number of aliphatic hydroxyl groups is 1. The van der Waals surface area contributed by atoms with Crippen LogP contribution in [0.25, 0.3) is 0 Å². The van der Waals surface area contributed by atoms with E-state index in [4.69, 9.17) is 4.74 Å². The average Bonchev–Trinajstić information content (AvgIpc) is 2.75. The first-order valence-corrected chi connectivity index (χ1v) is 8.92. The summed E-state index contributed by atoms with van der Waals surface area (Å²) in [6.07, 6.45) is 0.513. The number of nitrogens with zero attached hydrogens (tertiary/aromatic N) is 1. The minimum absolute atomic E-state index is 0.212. The van der Waals surface area contributed by atoms with E-state index < -0.39 is 16.1 Å². The molecule has 0 saturated carbocycles. The number of ether oxygens (including phenoxy) is 1. The van der Waals surface area contributed by atoms with Gasteiger partial charge in [-0.05, 0) is 43.2 Å². The van der Waals surface area contributed by atoms with Gasteiger partial charge in [0.05, 0.1) is 23.8 Å². The summed E-state index contributed by atoms with van der Waals surface area (Å²) in [6.45, 7) is 0.350. The van der Waals surface area contributed by atoms with Crippen LogP contribution < -0.4 is 9.04 Å². The second-order valence-electron chi connectivity index (χ2n) is 5.47. The Balaban J connectivity index is 2.06. The molecule has 0 saturated heterocycles. The SMILES string of the molecule is COc1ccc(S(=O)(=O)N2CCC[C@H](O)c3ccccc32)cc1. The molecule has 2 aromatic rings. The number of rotatable bonds is 3. The van der Waals surface area contributed by atoms with Crippen LogP contribution in [0.4, 0.5) is 5.69 Å². The first-order valence-electron chi connectivity index (χ1n) is 7.48. The highest BCUT2D eigenvalue weighted by molar-refractivity contribution is 7.92. The van der Waals surface area contributed by atoms with Crippen molar-refractivity contribution in [1.29, 1.82) is 0 Å². The molecule has 3 rings (SSSR count). The lowest BCUT2D eigenvalue weighted by molar-refractivity contribution is 0.168. The first-order chi connectivity index (χ1) is 11.0. The molecule has 0 radical (unpaired) electrons. The fraction of sp³-hybridized carbons (Fsp3) is 0.294. The van der Waals surface area contributed by atoms with Crippen molar-refractivity contribution < 1.29 is 18.3 Å². The number of anilines is 1. The molecular formula is C17H19NO4S. The summed E-state index contributed by atoms with van der Waals surface area (Å²) < 4.78 is 32.5. The van der Waals surface area contributed by atoms with Crippen LogP contribution in [0.15, 0.2) is 53.4 Å². The predicted octanol–water partition coefficient (Wildman–Crippen LogP) is 2.72. The molecule has 1 N–H and O–H groups in total. The van der Waals surface area contributed by atoms with Gasteiger partial charge in [0.15, 0.2) is 0 Å². The van der Waals surface area contributed by atoms with Crippen LogP contribution in [0.1, 0.15) is 24.5 Å². The van der Waals surface area contributed by atoms with Crippen LogP contribution in [0.5, 0.6) is 5.75 Å². The number of hydrogen-bond donors (Lipinski definition) is 1. The predicted molar refractivity (Wildman–Crippen MR) is 88.2 cm³/mol. The molecule has 0 unspecified atom stereocenters. The number of para-hydroxylation sites is 1. The fourth-order valence-electron chi connectivity index (χ4n) is 2.83. The van der Waals surface area contributed by atoms with Crippen molar-refractivity contribution in [1.82, 2.24) is 0 Å². The number of sulfonamides is 1. The average molecular weight is 333 g/mol. The molecule has 1 atom stereocenters. The number of aliphatic hydroxyl groups excluding tert-OH is 1. The van der Waals surface area contributed by atoms with Gasteiger partial charge in [-0.1, -0.05) is 18.2 Å². The lowest BCUT2D eigenvalue weighted by atomic mass is 10.1. The largest absolute Gasteiger partial charge is 0.497 e. The van der Waals surface area contributed by atoms with Gasteiger partial charge >= 0.3 is 0 Å². The van der Waals surface area contributed by atoms with E-state index in [0.717, 1.165) is 0 Å². The third-order valence-electron chi connectivity index (χ3n) is 4.05. The third kappa shape index (κ3) is 2.92. The van der Waals surface area contributed by atoms with Crippen molar-refractivity contribution in [3.63, 3.8) is 0 Å². The van der Waals surface area contributed by atoms with Crippen molar-refractivity contribution in [2.45, 2.75) is 23.8 Å². The van der Waals surface area contributed by atoms with E-state index in [1.807, 2.05) is 6.07 Å². The maximum atomic E-state index is 13.0. The summed E-state index contributed by atoms with van der Waals surface area (Å²) >= 11 is 0. The molecule has 23 heavy (non-hydrogen) atoms. The highest BCUT2D eigenvalue weighted by atomic mass is 32.2. The molecule has 122 valence electrons. The monoisotopic (exact) mass is 333 g/mol. The van der Waals surface area contributed by atoms with E-state index in [2.05, 4.69) is 0 Å². The number of benzene rings is 2. The minimum atomic E-state index is -3.68. The van der Waals surface area contributed by atoms with Gasteiger partial charge in [0, 0.05) is 12.1 Å². The molecule has 0 amide bonds. The Labute approximate surface area is 136 Å². The van der Waals surface area contributed by atoms with E-state index in [9.17, 15) is 13.5 Å². The number of methoxy groups -OCH3 is 1. The normalized spacial score (nSPS) is 18.2. The summed E-state index contributed by atoms with van der Waals surface area (Å²) in [4.78, 5) is 0.212. The van der Waals surface area contributed by atoms with Gasteiger partial charge in [-0.3, -0.25) is 4.31 Å². The Hall–Kier alpha value is -2.05. The molecule has 2 aromatic carbocycles. The third-order valence-corrected chi connectivity index (χ3v) is 5.88. The van der Waals surface area contributed by atoms with Crippen molar-refractivity contribution in [2.24, 2.45) is 0 Å². The van der Waals surface area contributed by atoms with Gasteiger partial charge in [-0.25, -0.2) is 8.42 Å². The van der Waals surface area contributed by atoms with Crippen LogP contribution in [0.3, 0.4) is 0 Å². The highest BCUT2D eigenvalue weighted by Crippen LogP contribution is 2.35. The van der Waals surface area contributed by atoms with E-state index in [1.165, 1.54) is 23.5 Å². The van der Waals surface area contributed by atoms with Crippen molar-refractivity contribution in [2.75, 3.05) is 18.0 Å². The maximum Gasteiger partial charge on any atom is 0.264 e. The molecule has 1 aliphatic rings. The lowest BCUT2D eigenvalue weighted by Crippen LogP contribution is -2.31. The van der Waals surface area contributed by atoms with Gasteiger partial charge in [0.2, 0.25) is 0 Å². The zero-order valence-corrected chi connectivity index (χ0v) is 13.7. The molecule has 0 fully saturated rings. The molecule has 0 spiro atoms. The molecule has 6 heteroatoms. The standard InChI is InChI=1S/C17H19NO4S/c1-22-13-8-10-14(11-9-13)23(20,21)18-12-4-7-17(19)15-5-2-3-6-16(15)18/h2-3,5-6,8-11,17,19H,4,7,12H2,1H3/t17-/m0/s1. The Kier molecular flexibility index (Phi) is 4.28. The van der Waals surface area contributed by atoms with Crippen LogP contribution in [0, 0.1) is 0 Å². The van der Waals surface area contributed by atoms with E-state index >= 15 is 0 Å². The topological polar surface area (TPSA) is 66.8 Å². The van der Waals surface area contributed by atoms with E-state index in [-0.39, 0.29) is 4.90 Å². The highest BCUT2D eigenvalue weighted by Gasteiger charge is 2.30. The summed E-state index contributed by atoms with van der Waals surface area (Å²) in [5, 5.41) is 10.2. The first kappa shape index (κ1) is 15.8. The van der Waals surface area contributed by atoms with E-state index in [1.54, 1.807) is 30.3 Å². The van der Waals surface area contributed by atoms with E-state index in [0.29, 0.717) is 36.4 Å². The van der Waals surface area contributed by atoms with Gasteiger partial charge in [0.25, 0.3) is 10.0 Å². The van der Waals surface area contributed by atoms with Crippen LogP contribution >= 0.6 is 0 Å². The van der Waals surface area contributed by atoms with Crippen LogP contribution in [-0.2, 0) is 10.0 Å². The van der Waals surface area contributed by atoms with Gasteiger partial charge in [-0.2, -0.15) is 0 Å². The quantitative estimate of drug-likeness (QED) is 0.938. The summed E-state index contributed by atoms with van der Waals surface area (Å²) in [5.41, 5.74) is 1.20. The molecule has 5 nitrogen and oxygen atoms in total. The Bertz CT molecular complexity index is 786. The number of hydrogen-bond acceptors (Lipinski definition) is 4. The van der Waals surface area contributed by atoms with Crippen molar-refractivity contribution in [3.05, 3.63) is 54.1 Å². The molecule has 0 bridgehead atoms. The molecular weight excluding hydrogens is 314 g/mol. The summed E-state index contributed by atoms with van der Waals surface area (Å²) in [6, 6.07) is 13.5. The second-order valence-corrected chi connectivity index (χ2v) is 7.33. The zero-order chi connectivity index (χ0) is 16.4. The molecule has 1 aliphatic heterocycles. The second kappa shape index (κ2) is 6.22. The van der Waals surface area contributed by atoms with Crippen molar-refractivity contribution in [3.8, 4) is 5.75 Å². The molecule has 0 aromatic heterocycles. The minimum Gasteiger partial charge on any atom is -0.497 e. The van der Waals surface area contributed by atoms with Gasteiger partial charge in [-0.15, -0.1) is 0 Å². The van der Waals surface area contributed by atoms with Crippen molar-refractivity contribution >= 4 is 15.7 Å². The van der Waals surface area contributed by atoms with Gasteiger partial charge in [0.1, 0.15) is 5.75 Å². The molecule has 0 aliphatic carbocycles. The fourth-order valence-corrected chi connectivity index (χ4v) is 4.35. The lowest BCUT2D eigenvalue weighted by Gasteiger charge is -2.24. The summed E-state index contributed by atoms with van der Waals surface area (Å²) in [5.74, 6) is 0.607. The zero-order valence-electron chi connectivity index (χ0n) is 12.8. The Morgan fingerprint density at radius 3 is 2.52 bits per heavy atom. The Morgan fingerprint density at radius 1 is 1.13 bits per heavy atom. The van der Waals surface area contributed by atoms with Crippen LogP contribution in [0.2, 0.25) is 0 Å².